The number of amidine groups is 2. The minimum atomic E-state index is -4.74. The molecular weight excluding hydrogens is 543 g/mol. The van der Waals surface area contributed by atoms with Gasteiger partial charge in [0.15, 0.2) is 11.7 Å². The highest BCUT2D eigenvalue weighted by molar-refractivity contribution is 7.84. The molecule has 13 heteroatoms. The van der Waals surface area contributed by atoms with Gasteiger partial charge in [-0.1, -0.05) is 6.58 Å². The van der Waals surface area contributed by atoms with Crippen molar-refractivity contribution in [2.24, 2.45) is 9.98 Å². The molecule has 4 rings (SSSR count). The molecule has 0 radical (unpaired) electrons. The van der Waals surface area contributed by atoms with Gasteiger partial charge in [-0.05, 0) is 58.2 Å². The number of allylic oxidation sites excluding steroid dienone is 1. The van der Waals surface area contributed by atoms with Gasteiger partial charge < -0.3 is 5.32 Å². The number of aryl methyl sites for hydroxylation is 1. The van der Waals surface area contributed by atoms with Crippen molar-refractivity contribution in [3.63, 3.8) is 0 Å². The van der Waals surface area contributed by atoms with Gasteiger partial charge >= 0.3 is 6.18 Å². The monoisotopic (exact) mass is 573 g/mol. The smallest absolute Gasteiger partial charge is 0.333 e. The van der Waals surface area contributed by atoms with E-state index in [1.165, 1.54) is 18.8 Å². The van der Waals surface area contributed by atoms with Crippen molar-refractivity contribution in [2.45, 2.75) is 70.1 Å². The van der Waals surface area contributed by atoms with Gasteiger partial charge in [0, 0.05) is 23.9 Å². The Balaban J connectivity index is 1.77. The highest BCUT2D eigenvalue weighted by Crippen LogP contribution is 2.42. The molecule has 0 aromatic carbocycles. The molecule has 1 aliphatic heterocycles. The lowest BCUT2D eigenvalue weighted by molar-refractivity contribution is -0.173. The first kappa shape index (κ1) is 29.2. The van der Waals surface area contributed by atoms with Crippen LogP contribution in [0, 0.1) is 6.92 Å². The highest BCUT2D eigenvalue weighted by atomic mass is 32.2. The number of hydrogen-bond donors (Lipinski definition) is 1. The van der Waals surface area contributed by atoms with Crippen LogP contribution in [0.5, 0.6) is 0 Å². The van der Waals surface area contributed by atoms with Crippen LogP contribution >= 0.6 is 0 Å². The third-order valence-corrected chi connectivity index (χ3v) is 7.47. The van der Waals surface area contributed by atoms with Crippen LogP contribution in [-0.2, 0) is 22.1 Å². The van der Waals surface area contributed by atoms with Gasteiger partial charge in [-0.3, -0.25) is 23.9 Å². The number of carbonyl (C=O) groups is 1. The number of nitrogens with zero attached hydrogens (tertiary/aromatic N) is 6. The molecule has 1 aliphatic carbocycles. The van der Waals surface area contributed by atoms with E-state index in [1.54, 1.807) is 32.9 Å². The van der Waals surface area contributed by atoms with Crippen molar-refractivity contribution in [3.05, 3.63) is 65.2 Å². The molecular formula is C27H30F3N7O2S. The number of halogens is 3. The van der Waals surface area contributed by atoms with Crippen molar-refractivity contribution in [3.8, 4) is 0 Å². The minimum absolute atomic E-state index is 0.0839. The zero-order chi connectivity index (χ0) is 29.4. The number of nitrogens with one attached hydrogen (secondary N) is 1. The number of aromatic nitrogens is 3. The molecule has 1 unspecified atom stereocenters. The van der Waals surface area contributed by atoms with Crippen molar-refractivity contribution in [2.75, 3.05) is 6.26 Å². The van der Waals surface area contributed by atoms with Gasteiger partial charge in [-0.2, -0.15) is 13.2 Å². The molecule has 40 heavy (non-hydrogen) atoms. The van der Waals surface area contributed by atoms with Crippen LogP contribution in [-0.4, -0.2) is 60.1 Å². The second-order valence-electron chi connectivity index (χ2n) is 9.87. The first-order valence-electron chi connectivity index (χ1n) is 12.6. The molecule has 1 saturated carbocycles. The number of piperazine rings is 1. The number of pyridine rings is 1. The Bertz CT molecular complexity index is 1460. The van der Waals surface area contributed by atoms with Crippen molar-refractivity contribution < 1.29 is 22.2 Å². The standard InChI is InChI=1S/C27H30F3N7O2S/c1-14(2)22-25(35-16(4)21-15(3)33-13-34-23(21)18-7-8-18)37(17(5)27(28,29)30)26(38)24(36-22)32-11-19-9-10-20(12-31-19)40(6)39/h9-10,12-13,17-18H,4,7-8,11H2,1-3,5-6H3,(H,32,36)/t17-,40?/m0/s1. The molecule has 2 atom stereocenters. The number of carbonyl (C=O) groups excluding carboxylic acids is 1. The first-order chi connectivity index (χ1) is 18.8. The van der Waals surface area contributed by atoms with E-state index in [1.807, 2.05) is 0 Å². The molecule has 2 aliphatic rings. The zero-order valence-electron chi connectivity index (χ0n) is 22.8. The van der Waals surface area contributed by atoms with E-state index in [-0.39, 0.29) is 35.5 Å². The zero-order valence-corrected chi connectivity index (χ0v) is 23.7. The SMILES string of the molecule is C=C(N=C1C(=C(C)C)NC(=NCc2ccc(S(C)=O)cn2)C(=O)N1[C@@H](C)C(F)(F)F)c1c(C)ncnc1C1CC1. The maximum absolute atomic E-state index is 14.1. The van der Waals surface area contributed by atoms with E-state index in [4.69, 9.17) is 0 Å². The molecule has 2 fully saturated rings. The minimum Gasteiger partial charge on any atom is -0.333 e. The van der Waals surface area contributed by atoms with E-state index in [9.17, 15) is 22.2 Å². The number of alkyl halides is 3. The average Bonchev–Trinajstić information content (AvgIpc) is 3.73. The van der Waals surface area contributed by atoms with Gasteiger partial charge in [0.2, 0.25) is 0 Å². The van der Waals surface area contributed by atoms with E-state index in [0.29, 0.717) is 32.3 Å². The average molecular weight is 574 g/mol. The van der Waals surface area contributed by atoms with E-state index < -0.39 is 28.9 Å². The molecule has 2 aromatic heterocycles. The quantitative estimate of drug-likeness (QED) is 0.524. The molecule has 212 valence electrons. The largest absolute Gasteiger partial charge is 0.409 e. The summed E-state index contributed by atoms with van der Waals surface area (Å²) in [5, 5.41) is 2.90. The van der Waals surface area contributed by atoms with Crippen LogP contribution in [0.2, 0.25) is 0 Å². The normalized spacial score (nSPS) is 19.6. The lowest BCUT2D eigenvalue weighted by Gasteiger charge is -2.37. The number of rotatable bonds is 7. The Labute approximate surface area is 232 Å². The predicted octanol–water partition coefficient (Wildman–Crippen LogP) is 4.44. The van der Waals surface area contributed by atoms with Crippen LogP contribution in [0.15, 0.2) is 57.4 Å². The molecule has 1 saturated heterocycles. The van der Waals surface area contributed by atoms with E-state index in [2.05, 4.69) is 36.8 Å². The number of aliphatic imine (C=N–C) groups is 2. The van der Waals surface area contributed by atoms with E-state index in [0.717, 1.165) is 25.5 Å². The van der Waals surface area contributed by atoms with Gasteiger partial charge in [-0.15, -0.1) is 0 Å². The molecule has 0 spiro atoms. The van der Waals surface area contributed by atoms with Crippen molar-refractivity contribution >= 4 is 34.1 Å². The molecule has 0 bridgehead atoms. The Kier molecular flexibility index (Phi) is 8.33. The van der Waals surface area contributed by atoms with Crippen LogP contribution in [0.1, 0.15) is 62.2 Å². The fraction of sp³-hybridized carbons (Fsp3) is 0.407. The summed E-state index contributed by atoms with van der Waals surface area (Å²) in [5.74, 6) is -1.26. The van der Waals surface area contributed by atoms with Crippen molar-refractivity contribution in [1.82, 2.24) is 25.2 Å². The Morgan fingerprint density at radius 1 is 1.25 bits per heavy atom. The van der Waals surface area contributed by atoms with Gasteiger partial charge in [0.1, 0.15) is 12.4 Å². The van der Waals surface area contributed by atoms with E-state index >= 15 is 0 Å². The lowest BCUT2D eigenvalue weighted by atomic mass is 10.1. The summed E-state index contributed by atoms with van der Waals surface area (Å²) in [7, 11) is -1.22. The molecule has 2 aromatic rings. The molecule has 1 N–H and O–H groups in total. The van der Waals surface area contributed by atoms with Crippen LogP contribution < -0.4 is 5.32 Å². The summed E-state index contributed by atoms with van der Waals surface area (Å²) in [6, 6.07) is 1.02. The van der Waals surface area contributed by atoms with Gasteiger partial charge in [0.25, 0.3) is 5.91 Å². The molecule has 1 amide bonds. The highest BCUT2D eigenvalue weighted by Gasteiger charge is 2.48. The summed E-state index contributed by atoms with van der Waals surface area (Å²) in [6.45, 7) is 10.0. The summed E-state index contributed by atoms with van der Waals surface area (Å²) < 4.78 is 53.9. The number of hydrogen-bond acceptors (Lipinski definition) is 7. The predicted molar refractivity (Wildman–Crippen MR) is 147 cm³/mol. The topological polar surface area (TPSA) is 113 Å². The Morgan fingerprint density at radius 2 is 1.95 bits per heavy atom. The fourth-order valence-corrected chi connectivity index (χ4v) is 4.62. The second-order valence-corrected chi connectivity index (χ2v) is 11.3. The van der Waals surface area contributed by atoms with Crippen LogP contribution in [0.3, 0.4) is 0 Å². The van der Waals surface area contributed by atoms with Gasteiger partial charge in [-0.25, -0.2) is 15.0 Å². The first-order valence-corrected chi connectivity index (χ1v) is 14.1. The second kappa shape index (κ2) is 11.4. The van der Waals surface area contributed by atoms with Crippen LogP contribution in [0.25, 0.3) is 5.70 Å². The third kappa shape index (κ3) is 6.19. The Hall–Kier alpha value is -3.74. The summed E-state index contributed by atoms with van der Waals surface area (Å²) in [5.41, 5.74) is 3.33. The molecule has 9 nitrogen and oxygen atoms in total. The summed E-state index contributed by atoms with van der Waals surface area (Å²) in [4.78, 5) is 36.3. The number of amides is 1. The fourth-order valence-electron chi connectivity index (χ4n) is 4.16. The van der Waals surface area contributed by atoms with Crippen molar-refractivity contribution in [1.29, 1.82) is 0 Å². The summed E-state index contributed by atoms with van der Waals surface area (Å²) in [6.07, 6.45) is 1.54. The maximum Gasteiger partial charge on any atom is 0.409 e. The molecule has 3 heterocycles. The maximum atomic E-state index is 14.1. The third-order valence-electron chi connectivity index (χ3n) is 6.57. The van der Waals surface area contributed by atoms with Gasteiger partial charge in [0.05, 0.1) is 50.7 Å². The Morgan fingerprint density at radius 3 is 2.50 bits per heavy atom. The van der Waals surface area contributed by atoms with Crippen LogP contribution in [0.4, 0.5) is 13.2 Å². The lowest BCUT2D eigenvalue weighted by Crippen LogP contribution is -2.60. The summed E-state index contributed by atoms with van der Waals surface area (Å²) >= 11 is 0.